The third-order valence-corrected chi connectivity index (χ3v) is 3.46. The van der Waals surface area contributed by atoms with E-state index in [0.717, 1.165) is 6.42 Å². The Balaban J connectivity index is 2.04. The number of carbonyl (C=O) groups excluding carboxylic acids is 1. The van der Waals surface area contributed by atoms with E-state index < -0.39 is 0 Å². The summed E-state index contributed by atoms with van der Waals surface area (Å²) in [6.07, 6.45) is 7.46. The van der Waals surface area contributed by atoms with Crippen molar-refractivity contribution in [3.05, 3.63) is 0 Å². The minimum atomic E-state index is -0.0512. The molecular weight excluding hydrogens is 216 g/mol. The third kappa shape index (κ3) is 5.50. The van der Waals surface area contributed by atoms with Gasteiger partial charge in [0.1, 0.15) is 0 Å². The number of amides is 1. The Labute approximate surface area is 104 Å². The highest BCUT2D eigenvalue weighted by Crippen LogP contribution is 2.19. The lowest BCUT2D eigenvalue weighted by Gasteiger charge is -2.22. The number of carbonyl (C=O) groups is 1. The molecule has 0 aromatic carbocycles. The Morgan fingerprint density at radius 2 is 2.12 bits per heavy atom. The average molecular weight is 242 g/mol. The zero-order valence-electron chi connectivity index (χ0n) is 10.9. The van der Waals surface area contributed by atoms with E-state index in [1.807, 2.05) is 6.92 Å². The van der Waals surface area contributed by atoms with E-state index in [1.165, 1.54) is 32.1 Å². The number of ether oxygens (including phenoxy) is 1. The lowest BCUT2D eigenvalue weighted by atomic mass is 9.98. The molecule has 1 saturated carbocycles. The molecule has 1 aliphatic rings. The molecule has 100 valence electrons. The highest BCUT2D eigenvalue weighted by Gasteiger charge is 2.15. The van der Waals surface area contributed by atoms with Gasteiger partial charge in [0, 0.05) is 19.0 Å². The maximum Gasteiger partial charge on any atom is 0.224 e. The van der Waals surface area contributed by atoms with Crippen molar-refractivity contribution in [2.45, 2.75) is 51.6 Å². The van der Waals surface area contributed by atoms with Crippen LogP contribution in [0.5, 0.6) is 0 Å². The van der Waals surface area contributed by atoms with Gasteiger partial charge in [-0.2, -0.15) is 0 Å². The molecule has 0 aromatic heterocycles. The molecule has 0 aromatic rings. The first-order chi connectivity index (χ1) is 8.27. The minimum Gasteiger partial charge on any atom is -0.376 e. The Morgan fingerprint density at radius 1 is 1.41 bits per heavy atom. The zero-order chi connectivity index (χ0) is 12.5. The van der Waals surface area contributed by atoms with Gasteiger partial charge in [-0.3, -0.25) is 4.79 Å². The van der Waals surface area contributed by atoms with Crippen molar-refractivity contribution >= 4 is 5.91 Å². The van der Waals surface area contributed by atoms with E-state index in [9.17, 15) is 4.79 Å². The molecule has 1 atom stereocenters. The second-order valence-electron chi connectivity index (χ2n) is 4.76. The number of nitrogens with one attached hydrogen (secondary N) is 1. The molecule has 0 saturated heterocycles. The summed E-state index contributed by atoms with van der Waals surface area (Å²) in [6.45, 7) is 3.63. The van der Waals surface area contributed by atoms with Crippen molar-refractivity contribution in [2.75, 3.05) is 19.7 Å². The lowest BCUT2D eigenvalue weighted by Crippen LogP contribution is -2.37. The van der Waals surface area contributed by atoms with Crippen molar-refractivity contribution in [3.8, 4) is 0 Å². The Bertz CT molecular complexity index is 211. The summed E-state index contributed by atoms with van der Waals surface area (Å²) in [4.78, 5) is 11.6. The van der Waals surface area contributed by atoms with Gasteiger partial charge in [0.15, 0.2) is 0 Å². The second-order valence-corrected chi connectivity index (χ2v) is 4.76. The van der Waals surface area contributed by atoms with Crippen LogP contribution in [-0.2, 0) is 9.53 Å². The topological polar surface area (TPSA) is 64.4 Å². The summed E-state index contributed by atoms with van der Waals surface area (Å²) in [7, 11) is 0. The van der Waals surface area contributed by atoms with Gasteiger partial charge in [-0.25, -0.2) is 0 Å². The van der Waals surface area contributed by atoms with Crippen LogP contribution in [0.4, 0.5) is 0 Å². The maximum atomic E-state index is 11.6. The summed E-state index contributed by atoms with van der Waals surface area (Å²) in [6, 6.07) is 0. The molecular formula is C13H26N2O2. The summed E-state index contributed by atoms with van der Waals surface area (Å²) in [5.41, 5.74) is 5.51. The van der Waals surface area contributed by atoms with Gasteiger partial charge in [-0.15, -0.1) is 0 Å². The molecule has 1 fully saturated rings. The van der Waals surface area contributed by atoms with Crippen LogP contribution >= 0.6 is 0 Å². The zero-order valence-corrected chi connectivity index (χ0v) is 10.9. The molecule has 0 spiro atoms. The van der Waals surface area contributed by atoms with Crippen molar-refractivity contribution in [2.24, 2.45) is 11.7 Å². The molecule has 1 aliphatic carbocycles. The van der Waals surface area contributed by atoms with Gasteiger partial charge in [0.2, 0.25) is 5.91 Å². The Hall–Kier alpha value is -0.610. The predicted molar refractivity (Wildman–Crippen MR) is 68.7 cm³/mol. The molecule has 1 rings (SSSR count). The average Bonchev–Trinajstić information content (AvgIpc) is 2.37. The summed E-state index contributed by atoms with van der Waals surface area (Å²) >= 11 is 0. The largest absolute Gasteiger partial charge is 0.376 e. The fourth-order valence-corrected chi connectivity index (χ4v) is 2.24. The van der Waals surface area contributed by atoms with Gasteiger partial charge in [-0.05, 0) is 19.3 Å². The van der Waals surface area contributed by atoms with Gasteiger partial charge in [-0.1, -0.05) is 26.2 Å². The first-order valence-electron chi connectivity index (χ1n) is 6.87. The van der Waals surface area contributed by atoms with Crippen molar-refractivity contribution in [1.29, 1.82) is 0 Å². The smallest absolute Gasteiger partial charge is 0.224 e. The quantitative estimate of drug-likeness (QED) is 0.664. The van der Waals surface area contributed by atoms with Crippen LogP contribution < -0.4 is 11.1 Å². The standard InChI is InChI=1S/C13H26N2O2/c1-2-11(10-14)13(16)15-8-9-17-12-6-4-3-5-7-12/h11-12H,2-10,14H2,1H3,(H,15,16). The highest BCUT2D eigenvalue weighted by molar-refractivity contribution is 5.78. The van der Waals surface area contributed by atoms with Gasteiger partial charge >= 0.3 is 0 Å². The SMILES string of the molecule is CCC(CN)C(=O)NCCOC1CCCCC1. The van der Waals surface area contributed by atoms with E-state index >= 15 is 0 Å². The van der Waals surface area contributed by atoms with Gasteiger partial charge in [0.25, 0.3) is 0 Å². The van der Waals surface area contributed by atoms with Gasteiger partial charge in [0.05, 0.1) is 12.7 Å². The van der Waals surface area contributed by atoms with Crippen LogP contribution in [-0.4, -0.2) is 31.7 Å². The molecule has 0 aliphatic heterocycles. The summed E-state index contributed by atoms with van der Waals surface area (Å²) in [5, 5.41) is 2.88. The molecule has 17 heavy (non-hydrogen) atoms. The molecule has 1 unspecified atom stereocenters. The normalized spacial score (nSPS) is 18.9. The van der Waals surface area contributed by atoms with Gasteiger partial charge < -0.3 is 15.8 Å². The maximum absolute atomic E-state index is 11.6. The molecule has 3 N–H and O–H groups in total. The van der Waals surface area contributed by atoms with Crippen LogP contribution in [0.2, 0.25) is 0 Å². The van der Waals surface area contributed by atoms with Crippen LogP contribution in [0, 0.1) is 5.92 Å². The second kappa shape index (κ2) is 8.48. The van der Waals surface area contributed by atoms with E-state index in [1.54, 1.807) is 0 Å². The van der Waals surface area contributed by atoms with Crippen molar-refractivity contribution in [1.82, 2.24) is 5.32 Å². The molecule has 0 bridgehead atoms. The first kappa shape index (κ1) is 14.5. The lowest BCUT2D eigenvalue weighted by molar-refractivity contribution is -0.125. The number of hydrogen-bond acceptors (Lipinski definition) is 3. The molecule has 0 radical (unpaired) electrons. The molecule has 4 heteroatoms. The monoisotopic (exact) mass is 242 g/mol. The number of nitrogens with two attached hydrogens (primary N) is 1. The molecule has 0 heterocycles. The number of rotatable bonds is 7. The van der Waals surface area contributed by atoms with Crippen molar-refractivity contribution in [3.63, 3.8) is 0 Å². The highest BCUT2D eigenvalue weighted by atomic mass is 16.5. The Morgan fingerprint density at radius 3 is 2.71 bits per heavy atom. The molecule has 1 amide bonds. The van der Waals surface area contributed by atoms with E-state index in [-0.39, 0.29) is 11.8 Å². The number of hydrogen-bond donors (Lipinski definition) is 2. The van der Waals surface area contributed by atoms with Crippen molar-refractivity contribution < 1.29 is 9.53 Å². The van der Waals surface area contributed by atoms with E-state index in [0.29, 0.717) is 25.8 Å². The fourth-order valence-electron chi connectivity index (χ4n) is 2.24. The van der Waals surface area contributed by atoms with Crippen LogP contribution in [0.15, 0.2) is 0 Å². The van der Waals surface area contributed by atoms with E-state index in [4.69, 9.17) is 10.5 Å². The van der Waals surface area contributed by atoms with Crippen LogP contribution in [0.1, 0.15) is 45.4 Å². The minimum absolute atomic E-state index is 0.0512. The first-order valence-corrected chi connectivity index (χ1v) is 6.87. The predicted octanol–water partition coefficient (Wildman–Crippen LogP) is 1.44. The van der Waals surface area contributed by atoms with Crippen LogP contribution in [0.25, 0.3) is 0 Å². The fraction of sp³-hybridized carbons (Fsp3) is 0.923. The molecule has 4 nitrogen and oxygen atoms in total. The summed E-state index contributed by atoms with van der Waals surface area (Å²) < 4.78 is 5.73. The Kier molecular flexibility index (Phi) is 7.21. The van der Waals surface area contributed by atoms with E-state index in [2.05, 4.69) is 5.32 Å². The van der Waals surface area contributed by atoms with Crippen LogP contribution in [0.3, 0.4) is 0 Å². The summed E-state index contributed by atoms with van der Waals surface area (Å²) in [5.74, 6) is 0.00641. The third-order valence-electron chi connectivity index (χ3n) is 3.46.